The number of benzene rings is 1. The van der Waals surface area contributed by atoms with Crippen molar-refractivity contribution in [3.05, 3.63) is 24.3 Å². The highest BCUT2D eigenvalue weighted by Gasteiger charge is 2.36. The third kappa shape index (κ3) is 5.24. The van der Waals surface area contributed by atoms with Crippen molar-refractivity contribution in [2.24, 2.45) is 16.7 Å². The Morgan fingerprint density at radius 1 is 1.20 bits per heavy atom. The molecule has 0 aliphatic rings. The molecule has 3 heteroatoms. The van der Waals surface area contributed by atoms with Crippen LogP contribution in [0.3, 0.4) is 0 Å². The van der Waals surface area contributed by atoms with Gasteiger partial charge < -0.3 is 9.84 Å². The summed E-state index contributed by atoms with van der Waals surface area (Å²) >= 11 is 0. The third-order valence-corrected chi connectivity index (χ3v) is 3.18. The first-order valence-corrected chi connectivity index (χ1v) is 7.00. The van der Waals surface area contributed by atoms with E-state index in [1.165, 1.54) is 6.07 Å². The summed E-state index contributed by atoms with van der Waals surface area (Å²) in [5.74, 6) is 0.0551. The number of rotatable bonds is 3. The molecular formula is C17H26O3. The molecule has 1 aromatic rings. The Hall–Kier alpha value is -1.51. The first-order chi connectivity index (χ1) is 8.99. The second-order valence-corrected chi connectivity index (χ2v) is 7.60. The number of hydrogen-bond donors (Lipinski definition) is 1. The molecule has 0 radical (unpaired) electrons. The molecule has 0 aromatic heterocycles. The van der Waals surface area contributed by atoms with E-state index in [0.717, 1.165) is 6.42 Å². The van der Waals surface area contributed by atoms with Gasteiger partial charge in [0, 0.05) is 6.07 Å². The number of carbonyl (C=O) groups is 1. The van der Waals surface area contributed by atoms with E-state index in [0.29, 0.717) is 5.75 Å². The minimum absolute atomic E-state index is 0.0514. The Kier molecular flexibility index (Phi) is 4.85. The van der Waals surface area contributed by atoms with Crippen LogP contribution in [-0.4, -0.2) is 11.1 Å². The van der Waals surface area contributed by atoms with E-state index in [2.05, 4.69) is 20.8 Å². The van der Waals surface area contributed by atoms with Gasteiger partial charge in [0.25, 0.3) is 0 Å². The highest BCUT2D eigenvalue weighted by Crippen LogP contribution is 2.37. The summed E-state index contributed by atoms with van der Waals surface area (Å²) in [6.07, 6.45) is 0.758. The summed E-state index contributed by atoms with van der Waals surface area (Å²) in [7, 11) is 0. The third-order valence-electron chi connectivity index (χ3n) is 3.18. The lowest BCUT2D eigenvalue weighted by molar-refractivity contribution is -0.144. The van der Waals surface area contributed by atoms with Gasteiger partial charge in [-0.1, -0.05) is 47.6 Å². The van der Waals surface area contributed by atoms with Crippen LogP contribution in [-0.2, 0) is 4.79 Å². The van der Waals surface area contributed by atoms with E-state index in [1.807, 2.05) is 20.8 Å². The Morgan fingerprint density at radius 3 is 2.25 bits per heavy atom. The molecular weight excluding hydrogens is 252 g/mol. The van der Waals surface area contributed by atoms with Gasteiger partial charge in [-0.3, -0.25) is 4.79 Å². The summed E-state index contributed by atoms with van der Waals surface area (Å²) in [6, 6.07) is 6.34. The van der Waals surface area contributed by atoms with Crippen LogP contribution in [0.2, 0.25) is 0 Å². The fourth-order valence-electron chi connectivity index (χ4n) is 2.09. The maximum absolute atomic E-state index is 12.4. The maximum atomic E-state index is 12.4. The molecule has 1 unspecified atom stereocenters. The van der Waals surface area contributed by atoms with Crippen LogP contribution in [0.1, 0.15) is 48.0 Å². The Labute approximate surface area is 122 Å². The Bertz CT molecular complexity index is 464. The number of carbonyl (C=O) groups excluding carboxylic acids is 1. The Morgan fingerprint density at radius 2 is 1.80 bits per heavy atom. The van der Waals surface area contributed by atoms with Crippen LogP contribution in [0.15, 0.2) is 24.3 Å². The number of phenolic OH excluding ortho intramolecular Hbond substituents is 1. The first kappa shape index (κ1) is 16.5. The van der Waals surface area contributed by atoms with Gasteiger partial charge in [-0.05, 0) is 29.4 Å². The first-order valence-electron chi connectivity index (χ1n) is 7.00. The number of hydrogen-bond acceptors (Lipinski definition) is 3. The highest BCUT2D eigenvalue weighted by molar-refractivity contribution is 5.76. The van der Waals surface area contributed by atoms with Gasteiger partial charge in [-0.25, -0.2) is 0 Å². The predicted octanol–water partition coefficient (Wildman–Crippen LogP) is 4.40. The smallest absolute Gasteiger partial charge is 0.314 e. The van der Waals surface area contributed by atoms with E-state index in [1.54, 1.807) is 18.2 Å². The van der Waals surface area contributed by atoms with Crippen molar-refractivity contribution in [2.75, 3.05) is 0 Å². The molecule has 1 aromatic carbocycles. The number of aromatic hydroxyl groups is 1. The van der Waals surface area contributed by atoms with Gasteiger partial charge in [-0.2, -0.15) is 0 Å². The van der Waals surface area contributed by atoms with Crippen molar-refractivity contribution >= 4 is 5.97 Å². The predicted molar refractivity (Wildman–Crippen MR) is 80.8 cm³/mol. The summed E-state index contributed by atoms with van der Waals surface area (Å²) in [4.78, 5) is 12.4. The molecule has 20 heavy (non-hydrogen) atoms. The zero-order valence-corrected chi connectivity index (χ0v) is 13.4. The molecule has 3 nitrogen and oxygen atoms in total. The van der Waals surface area contributed by atoms with Gasteiger partial charge in [0.2, 0.25) is 0 Å². The standard InChI is InChI=1S/C17H26O3/c1-16(2,3)11-14(17(4,5)6)15(19)20-13-9-7-8-12(18)10-13/h7-10,14,18H,11H2,1-6H3. The lowest BCUT2D eigenvalue weighted by Gasteiger charge is -2.33. The molecule has 1 N–H and O–H groups in total. The average Bonchev–Trinajstić information content (AvgIpc) is 2.23. The number of ether oxygens (including phenoxy) is 1. The SMILES string of the molecule is CC(C)(C)CC(C(=O)Oc1cccc(O)c1)C(C)(C)C. The summed E-state index contributed by atoms with van der Waals surface area (Å²) in [5.41, 5.74) is -0.114. The average molecular weight is 278 g/mol. The molecule has 0 spiro atoms. The van der Waals surface area contributed by atoms with E-state index in [-0.39, 0.29) is 28.5 Å². The van der Waals surface area contributed by atoms with Crippen molar-refractivity contribution < 1.29 is 14.6 Å². The molecule has 1 atom stereocenters. The van der Waals surface area contributed by atoms with Crippen molar-refractivity contribution in [1.82, 2.24) is 0 Å². The maximum Gasteiger partial charge on any atom is 0.314 e. The Balaban J connectivity index is 2.89. The summed E-state index contributed by atoms with van der Waals surface area (Å²) in [5, 5.41) is 9.42. The van der Waals surface area contributed by atoms with Crippen molar-refractivity contribution in [2.45, 2.75) is 48.0 Å². The summed E-state index contributed by atoms with van der Waals surface area (Å²) in [6.45, 7) is 12.5. The van der Waals surface area contributed by atoms with Gasteiger partial charge >= 0.3 is 5.97 Å². The molecule has 0 saturated heterocycles. The minimum atomic E-state index is -0.238. The normalized spacial score (nSPS) is 13.9. The molecule has 0 aliphatic heterocycles. The quantitative estimate of drug-likeness (QED) is 0.658. The molecule has 112 valence electrons. The largest absolute Gasteiger partial charge is 0.508 e. The number of phenols is 1. The van der Waals surface area contributed by atoms with Crippen LogP contribution < -0.4 is 4.74 Å². The topological polar surface area (TPSA) is 46.5 Å². The van der Waals surface area contributed by atoms with E-state index in [4.69, 9.17) is 4.74 Å². The zero-order chi connectivity index (χ0) is 15.6. The van der Waals surface area contributed by atoms with Crippen molar-refractivity contribution in [3.8, 4) is 11.5 Å². The molecule has 0 bridgehead atoms. The van der Waals surface area contributed by atoms with Crippen molar-refractivity contribution in [1.29, 1.82) is 0 Å². The van der Waals surface area contributed by atoms with Crippen LogP contribution >= 0.6 is 0 Å². The molecule has 0 aliphatic carbocycles. The number of esters is 1. The molecule has 0 fully saturated rings. The summed E-state index contributed by atoms with van der Waals surface area (Å²) < 4.78 is 5.43. The van der Waals surface area contributed by atoms with Gasteiger partial charge in [0.15, 0.2) is 0 Å². The van der Waals surface area contributed by atoms with Crippen LogP contribution in [0, 0.1) is 16.7 Å². The lowest BCUT2D eigenvalue weighted by Crippen LogP contribution is -2.35. The van der Waals surface area contributed by atoms with Gasteiger partial charge in [-0.15, -0.1) is 0 Å². The monoisotopic (exact) mass is 278 g/mol. The highest BCUT2D eigenvalue weighted by atomic mass is 16.5. The van der Waals surface area contributed by atoms with Crippen LogP contribution in [0.25, 0.3) is 0 Å². The molecule has 0 amide bonds. The fraction of sp³-hybridized carbons (Fsp3) is 0.588. The molecule has 1 rings (SSSR count). The van der Waals surface area contributed by atoms with E-state index in [9.17, 15) is 9.90 Å². The second-order valence-electron chi connectivity index (χ2n) is 7.60. The molecule has 0 saturated carbocycles. The fourth-order valence-corrected chi connectivity index (χ4v) is 2.09. The van der Waals surface area contributed by atoms with E-state index >= 15 is 0 Å². The minimum Gasteiger partial charge on any atom is -0.508 e. The van der Waals surface area contributed by atoms with Gasteiger partial charge in [0.1, 0.15) is 11.5 Å². The zero-order valence-electron chi connectivity index (χ0n) is 13.4. The lowest BCUT2D eigenvalue weighted by atomic mass is 9.72. The van der Waals surface area contributed by atoms with E-state index < -0.39 is 0 Å². The van der Waals surface area contributed by atoms with Gasteiger partial charge in [0.05, 0.1) is 5.92 Å². The van der Waals surface area contributed by atoms with Crippen LogP contribution in [0.4, 0.5) is 0 Å². The van der Waals surface area contributed by atoms with Crippen molar-refractivity contribution in [3.63, 3.8) is 0 Å². The molecule has 0 heterocycles. The second kappa shape index (κ2) is 5.86. The van der Waals surface area contributed by atoms with Crippen LogP contribution in [0.5, 0.6) is 11.5 Å².